The van der Waals surface area contributed by atoms with Crippen LogP contribution < -0.4 is 0 Å². The molecule has 0 aliphatic rings. The first-order chi connectivity index (χ1) is 0. The van der Waals surface area contributed by atoms with Crippen LogP contribution in [0.5, 0.6) is 0 Å². The van der Waals surface area contributed by atoms with E-state index in [2.05, 4.69) is 0 Å². The van der Waals surface area contributed by atoms with E-state index in [0.29, 0.717) is 0 Å². The predicted octanol–water partition coefficient (Wildman–Crippen LogP) is -13.4. The van der Waals surface area contributed by atoms with Crippen LogP contribution in [0.25, 0.3) is 0 Å². The van der Waals surface area contributed by atoms with Crippen LogP contribution in [0.1, 0.15) is 2.85 Å². The van der Waals surface area contributed by atoms with Crippen LogP contribution in [-0.2, 0) is 0 Å². The van der Waals surface area contributed by atoms with Gasteiger partial charge in [-0.1, -0.05) is 0 Å². The Kier molecular flexibility index (Phi) is 2520000. The standard InChI is InChI=1S/16H2O.Sr.2H/h16*1H2;;;/q;;;;;;;;;;;;;;;;+2;2*-1. The average Bonchev–Trinajstić information content (AvgIpc) is 0. The Morgan fingerprint density at radius 1 is 0.176 bits per heavy atom. The zero-order valence-corrected chi connectivity index (χ0v) is 12.2. The molecule has 0 unspecified atom stereocenters. The Morgan fingerprint density at radius 2 is 0.176 bits per heavy atom. The zero-order chi connectivity index (χ0) is 0. The van der Waals surface area contributed by atoms with Crippen molar-refractivity contribution in [1.82, 2.24) is 0 Å². The number of hydrogen-bond donors (Lipinski definition) is 0. The molecule has 0 saturated carbocycles. The minimum atomic E-state index is 0. The molecule has 0 bridgehead atoms. The van der Waals surface area contributed by atoms with Crippen LogP contribution in [-0.4, -0.2) is 133 Å². The molecule has 0 heterocycles. The van der Waals surface area contributed by atoms with Crippen molar-refractivity contribution < 1.29 is 90.5 Å². The first kappa shape index (κ1) is 7160. The minimum absolute atomic E-state index is 0. The molecule has 17 heteroatoms. The third kappa shape index (κ3) is 5250. The van der Waals surface area contributed by atoms with E-state index < -0.39 is 0 Å². The fourth-order valence-electron chi connectivity index (χ4n) is 0. The topological polar surface area (TPSA) is 504 Å². The van der Waals surface area contributed by atoms with E-state index in [1.165, 1.54) is 0 Å². The van der Waals surface area contributed by atoms with Crippen molar-refractivity contribution in [3.8, 4) is 0 Å². The molecule has 0 aromatic carbocycles. The third-order valence-corrected chi connectivity index (χ3v) is 0. The predicted molar refractivity (Wildman–Crippen MR) is 65.8 cm³/mol. The van der Waals surface area contributed by atoms with Crippen molar-refractivity contribution in [3.05, 3.63) is 0 Å². The Labute approximate surface area is 135 Å². The molecule has 0 atom stereocenters. The van der Waals surface area contributed by atoms with E-state index in [4.69, 9.17) is 0 Å². The van der Waals surface area contributed by atoms with Crippen molar-refractivity contribution in [2.24, 2.45) is 0 Å². The maximum atomic E-state index is 0. The van der Waals surface area contributed by atoms with Gasteiger partial charge < -0.3 is 90.5 Å². The summed E-state index contributed by atoms with van der Waals surface area (Å²) in [6.07, 6.45) is 0. The molecule has 17 heavy (non-hydrogen) atoms. The van der Waals surface area contributed by atoms with Crippen molar-refractivity contribution in [1.29, 1.82) is 0 Å². The van der Waals surface area contributed by atoms with Gasteiger partial charge in [-0.3, -0.25) is 0 Å². The zero-order valence-electron chi connectivity index (χ0n) is 10.7. The van der Waals surface area contributed by atoms with Gasteiger partial charge in [0.25, 0.3) is 0 Å². The monoisotopic (exact) mass is 378 g/mol. The maximum Gasteiger partial charge on any atom is 2.00 e. The molecule has 0 saturated heterocycles. The van der Waals surface area contributed by atoms with Gasteiger partial charge in [-0.2, -0.15) is 0 Å². The fourth-order valence-corrected chi connectivity index (χ4v) is 0. The van der Waals surface area contributed by atoms with E-state index in [1.54, 1.807) is 0 Å². The van der Waals surface area contributed by atoms with E-state index >= 15 is 0 Å². The van der Waals surface area contributed by atoms with E-state index in [9.17, 15) is 0 Å². The summed E-state index contributed by atoms with van der Waals surface area (Å²) in [5, 5.41) is 0. The summed E-state index contributed by atoms with van der Waals surface area (Å²) in [6.45, 7) is 0. The smallest absolute Gasteiger partial charge is 1.00 e. The summed E-state index contributed by atoms with van der Waals surface area (Å²) in [5.74, 6) is 0. The van der Waals surface area contributed by atoms with E-state index in [-0.39, 0.29) is 136 Å². The van der Waals surface area contributed by atoms with Gasteiger partial charge in [0.2, 0.25) is 0 Å². The molecule has 32 N–H and O–H groups in total. The first-order valence-corrected chi connectivity index (χ1v) is 0. The molecule has 132 valence electrons. The van der Waals surface area contributed by atoms with Crippen LogP contribution in [0.3, 0.4) is 0 Å². The van der Waals surface area contributed by atoms with Crippen LogP contribution in [0.15, 0.2) is 0 Å². The molecule has 0 rings (SSSR count). The van der Waals surface area contributed by atoms with E-state index in [0.717, 1.165) is 0 Å². The first-order valence-electron chi connectivity index (χ1n) is 0. The quantitative estimate of drug-likeness (QED) is 0.354. The van der Waals surface area contributed by atoms with Crippen molar-refractivity contribution in [3.63, 3.8) is 0 Å². The minimum Gasteiger partial charge on any atom is -1.00 e. The van der Waals surface area contributed by atoms with Gasteiger partial charge in [-0.25, -0.2) is 0 Å². The second-order valence-electron chi connectivity index (χ2n) is 0. The van der Waals surface area contributed by atoms with Crippen molar-refractivity contribution in [2.45, 2.75) is 0 Å². The second kappa shape index (κ2) is 5980. The SMILES string of the molecule is O.O.O.O.O.O.O.O.O.O.O.O.O.O.O.O.[H-].[H-].[Sr+2]. The molecular weight excluding hydrogens is 344 g/mol. The summed E-state index contributed by atoms with van der Waals surface area (Å²) in [4.78, 5) is 0. The molecule has 0 radical (unpaired) electrons. The summed E-state index contributed by atoms with van der Waals surface area (Å²) < 4.78 is 0. The van der Waals surface area contributed by atoms with Crippen LogP contribution in [0.2, 0.25) is 0 Å². The molecule has 0 aromatic heterocycles. The summed E-state index contributed by atoms with van der Waals surface area (Å²) >= 11 is 0. The Bertz CT molecular complexity index is 14.7. The van der Waals surface area contributed by atoms with Gasteiger partial charge in [-0.05, 0) is 0 Å². The van der Waals surface area contributed by atoms with Gasteiger partial charge in [0.05, 0.1) is 0 Å². The molecule has 0 aromatic rings. The maximum absolute atomic E-state index is 0. The fraction of sp³-hybridized carbons (Fsp3) is 0. The van der Waals surface area contributed by atoms with Gasteiger partial charge in [0.1, 0.15) is 0 Å². The number of rotatable bonds is 0. The third-order valence-electron chi connectivity index (χ3n) is 0. The van der Waals surface area contributed by atoms with Crippen LogP contribution >= 0.6 is 0 Å². The molecular formula is H34O16Sr. The molecule has 0 fully saturated rings. The second-order valence-corrected chi connectivity index (χ2v) is 0. The molecule has 0 spiro atoms. The summed E-state index contributed by atoms with van der Waals surface area (Å²) in [5.41, 5.74) is 0. The molecule has 0 aliphatic carbocycles. The van der Waals surface area contributed by atoms with Crippen LogP contribution in [0, 0.1) is 0 Å². The Hall–Kier alpha value is 0.841. The van der Waals surface area contributed by atoms with Gasteiger partial charge in [0.15, 0.2) is 0 Å². The van der Waals surface area contributed by atoms with Crippen molar-refractivity contribution >= 4 is 45.5 Å². The summed E-state index contributed by atoms with van der Waals surface area (Å²) in [7, 11) is 0. The molecule has 0 aliphatic heterocycles. The number of hydrogen-bond acceptors (Lipinski definition) is 0. The van der Waals surface area contributed by atoms with Gasteiger partial charge in [0, 0.05) is 0 Å². The van der Waals surface area contributed by atoms with Gasteiger partial charge >= 0.3 is 45.5 Å². The Morgan fingerprint density at radius 3 is 0.176 bits per heavy atom. The normalized spacial score (nSPS) is 0. The van der Waals surface area contributed by atoms with E-state index in [1.807, 2.05) is 0 Å². The molecule has 16 nitrogen and oxygen atoms in total. The average molecular weight is 378 g/mol. The molecule has 0 amide bonds. The summed E-state index contributed by atoms with van der Waals surface area (Å²) in [6, 6.07) is 0. The largest absolute Gasteiger partial charge is 2.00 e. The van der Waals surface area contributed by atoms with Gasteiger partial charge in [-0.15, -0.1) is 0 Å². The Balaban J connectivity index is 0. The van der Waals surface area contributed by atoms with Crippen molar-refractivity contribution in [2.75, 3.05) is 0 Å². The van der Waals surface area contributed by atoms with Crippen LogP contribution in [0.4, 0.5) is 0 Å².